The van der Waals surface area contributed by atoms with Crippen molar-refractivity contribution in [3.63, 3.8) is 0 Å². The van der Waals surface area contributed by atoms with Crippen LogP contribution in [0.15, 0.2) is 19.0 Å². The molecule has 3 aromatic heterocycles. The van der Waals surface area contributed by atoms with E-state index in [1.165, 1.54) is 29.4 Å². The largest absolute Gasteiger partial charge is 0.378 e. The molecule has 0 unspecified atom stereocenters. The average molecular weight is 382 g/mol. The van der Waals surface area contributed by atoms with Crippen molar-refractivity contribution >= 4 is 43.4 Å². The highest BCUT2D eigenvalue weighted by molar-refractivity contribution is 7.26. The first-order valence-electron chi connectivity index (χ1n) is 9.63. The highest BCUT2D eigenvalue weighted by Gasteiger charge is 2.24. The molecule has 6 nitrogen and oxygen atoms in total. The van der Waals surface area contributed by atoms with Crippen LogP contribution in [-0.2, 0) is 17.6 Å². The molecule has 3 aromatic rings. The van der Waals surface area contributed by atoms with Crippen molar-refractivity contribution in [2.45, 2.75) is 25.7 Å². The van der Waals surface area contributed by atoms with Gasteiger partial charge in [-0.1, -0.05) is 6.08 Å². The Bertz CT molecular complexity index is 1010. The molecule has 0 radical (unpaired) electrons. The predicted molar refractivity (Wildman–Crippen MR) is 111 cm³/mol. The summed E-state index contributed by atoms with van der Waals surface area (Å²) in [6.45, 7) is 7.80. The van der Waals surface area contributed by atoms with Crippen molar-refractivity contribution in [2.24, 2.45) is 0 Å². The maximum absolute atomic E-state index is 5.51. The molecule has 0 bridgehead atoms. The normalized spacial score (nSPS) is 17.3. The van der Waals surface area contributed by atoms with E-state index in [9.17, 15) is 0 Å². The fourth-order valence-electron chi connectivity index (χ4n) is 4.16. The maximum Gasteiger partial charge on any atom is 0.150 e. The van der Waals surface area contributed by atoms with Crippen molar-refractivity contribution in [3.05, 3.63) is 30.1 Å². The van der Waals surface area contributed by atoms with Gasteiger partial charge in [-0.25, -0.2) is 15.0 Å². The second-order valence-corrected chi connectivity index (χ2v) is 8.05. The van der Waals surface area contributed by atoms with Crippen molar-refractivity contribution in [1.29, 1.82) is 0 Å². The van der Waals surface area contributed by atoms with Crippen LogP contribution in [-0.4, -0.2) is 47.8 Å². The zero-order chi connectivity index (χ0) is 18.2. The highest BCUT2D eigenvalue weighted by Crippen LogP contribution is 2.42. The molecule has 0 spiro atoms. The van der Waals surface area contributed by atoms with Gasteiger partial charge in [-0.15, -0.1) is 17.9 Å². The Morgan fingerprint density at radius 1 is 1.19 bits per heavy atom. The van der Waals surface area contributed by atoms with Gasteiger partial charge in [-0.05, 0) is 36.8 Å². The van der Waals surface area contributed by atoms with Gasteiger partial charge in [0.05, 0.1) is 23.4 Å². The molecule has 1 saturated heterocycles. The van der Waals surface area contributed by atoms with E-state index in [2.05, 4.69) is 26.8 Å². The molecule has 1 N–H and O–H groups in total. The lowest BCUT2D eigenvalue weighted by Gasteiger charge is -2.27. The second-order valence-electron chi connectivity index (χ2n) is 7.05. The molecule has 0 saturated carbocycles. The van der Waals surface area contributed by atoms with Gasteiger partial charge in [-0.2, -0.15) is 0 Å². The number of aromatic nitrogens is 3. The van der Waals surface area contributed by atoms with E-state index in [1.54, 1.807) is 17.7 Å². The Kier molecular flexibility index (Phi) is 4.41. The fourth-order valence-corrected chi connectivity index (χ4v) is 5.34. The molecule has 1 fully saturated rings. The zero-order valence-electron chi connectivity index (χ0n) is 15.3. The van der Waals surface area contributed by atoms with Gasteiger partial charge in [0.15, 0.2) is 0 Å². The van der Waals surface area contributed by atoms with E-state index >= 15 is 0 Å². The van der Waals surface area contributed by atoms with Gasteiger partial charge in [0.25, 0.3) is 0 Å². The van der Waals surface area contributed by atoms with E-state index in [1.807, 2.05) is 6.08 Å². The van der Waals surface area contributed by atoms with Gasteiger partial charge in [0.2, 0.25) is 0 Å². The third kappa shape index (κ3) is 2.85. The number of nitrogens with zero attached hydrogens (tertiary/aromatic N) is 4. The smallest absolute Gasteiger partial charge is 0.150 e. The van der Waals surface area contributed by atoms with Crippen molar-refractivity contribution in [2.75, 3.05) is 43.1 Å². The number of ether oxygens (including phenoxy) is 1. The summed E-state index contributed by atoms with van der Waals surface area (Å²) in [5, 5.41) is 4.69. The average Bonchev–Trinajstić information content (AvgIpc) is 3.11. The lowest BCUT2D eigenvalue weighted by molar-refractivity contribution is 0.122. The Morgan fingerprint density at radius 3 is 2.81 bits per heavy atom. The summed E-state index contributed by atoms with van der Waals surface area (Å²) in [7, 11) is 0. The summed E-state index contributed by atoms with van der Waals surface area (Å²) in [5.74, 6) is 2.04. The number of hydrogen-bond acceptors (Lipinski definition) is 7. The molecule has 2 aliphatic rings. The standard InChI is InChI=1S/C20H23N5OS/c1-2-7-21-18-14-6-4-3-5-13(14)15-16-17(27-20(15)24-18)19(23-12-22-16)25-8-10-26-11-9-25/h2,12H,1,3-11H2,(H,21,24). The minimum atomic E-state index is 0.731. The molecule has 1 aliphatic carbocycles. The van der Waals surface area contributed by atoms with E-state index in [0.717, 1.165) is 72.4 Å². The summed E-state index contributed by atoms with van der Waals surface area (Å²) in [5.41, 5.74) is 3.85. The fraction of sp³-hybridized carbons (Fsp3) is 0.450. The number of nitrogens with one attached hydrogen (secondary N) is 1. The summed E-state index contributed by atoms with van der Waals surface area (Å²) in [6, 6.07) is 0. The van der Waals surface area contributed by atoms with Gasteiger partial charge < -0.3 is 15.0 Å². The molecule has 4 heterocycles. The Hall–Kier alpha value is -2.25. The van der Waals surface area contributed by atoms with Crippen LogP contribution in [0.25, 0.3) is 20.4 Å². The van der Waals surface area contributed by atoms with Gasteiger partial charge in [0, 0.05) is 25.0 Å². The maximum atomic E-state index is 5.51. The number of aryl methyl sites for hydroxylation is 1. The van der Waals surface area contributed by atoms with Crippen LogP contribution in [0.3, 0.4) is 0 Å². The summed E-state index contributed by atoms with van der Waals surface area (Å²) in [6.07, 6.45) is 8.22. The quantitative estimate of drug-likeness (QED) is 0.698. The monoisotopic (exact) mass is 381 g/mol. The van der Waals surface area contributed by atoms with Crippen LogP contribution in [0.2, 0.25) is 0 Å². The van der Waals surface area contributed by atoms with Crippen LogP contribution in [0.5, 0.6) is 0 Å². The Balaban J connectivity index is 1.73. The highest BCUT2D eigenvalue weighted by atomic mass is 32.1. The van der Waals surface area contributed by atoms with Crippen LogP contribution in [0, 0.1) is 0 Å². The minimum absolute atomic E-state index is 0.731. The second kappa shape index (κ2) is 7.05. The molecule has 0 amide bonds. The molecular weight excluding hydrogens is 358 g/mol. The van der Waals surface area contributed by atoms with Gasteiger partial charge in [-0.3, -0.25) is 0 Å². The molecule has 5 rings (SSSR count). The van der Waals surface area contributed by atoms with Gasteiger partial charge in [0.1, 0.15) is 22.8 Å². The minimum Gasteiger partial charge on any atom is -0.378 e. The summed E-state index contributed by atoms with van der Waals surface area (Å²) < 4.78 is 6.66. The first kappa shape index (κ1) is 16.9. The van der Waals surface area contributed by atoms with Crippen molar-refractivity contribution < 1.29 is 4.74 Å². The van der Waals surface area contributed by atoms with Crippen LogP contribution >= 0.6 is 11.3 Å². The van der Waals surface area contributed by atoms with E-state index in [0.29, 0.717) is 0 Å². The van der Waals surface area contributed by atoms with Crippen molar-refractivity contribution in [1.82, 2.24) is 15.0 Å². The number of rotatable bonds is 4. The van der Waals surface area contributed by atoms with Crippen LogP contribution in [0.1, 0.15) is 24.0 Å². The predicted octanol–water partition coefficient (Wildman–Crippen LogP) is 3.55. The molecule has 7 heteroatoms. The number of fused-ring (bicyclic) bond motifs is 5. The molecule has 27 heavy (non-hydrogen) atoms. The zero-order valence-corrected chi connectivity index (χ0v) is 16.1. The van der Waals surface area contributed by atoms with Crippen molar-refractivity contribution in [3.8, 4) is 0 Å². The Morgan fingerprint density at radius 2 is 2.00 bits per heavy atom. The summed E-state index contributed by atoms with van der Waals surface area (Å²) >= 11 is 1.72. The lowest BCUT2D eigenvalue weighted by Crippen LogP contribution is -2.36. The number of hydrogen-bond donors (Lipinski definition) is 1. The molecule has 140 valence electrons. The molecule has 0 aromatic carbocycles. The first-order chi connectivity index (χ1) is 13.4. The topological polar surface area (TPSA) is 63.2 Å². The molecular formula is C20H23N5OS. The van der Waals surface area contributed by atoms with Crippen LogP contribution < -0.4 is 10.2 Å². The molecule has 1 aliphatic heterocycles. The third-order valence-electron chi connectivity index (χ3n) is 5.43. The SMILES string of the molecule is C=CCNc1nc2sc3c(N4CCOCC4)ncnc3c2c2c1CCCC2. The number of pyridine rings is 1. The van der Waals surface area contributed by atoms with Gasteiger partial charge >= 0.3 is 0 Å². The van der Waals surface area contributed by atoms with E-state index in [-0.39, 0.29) is 0 Å². The molecule has 0 atom stereocenters. The Labute approximate surface area is 162 Å². The van der Waals surface area contributed by atoms with E-state index in [4.69, 9.17) is 9.72 Å². The van der Waals surface area contributed by atoms with Crippen LogP contribution in [0.4, 0.5) is 11.6 Å². The third-order valence-corrected chi connectivity index (χ3v) is 6.50. The summed E-state index contributed by atoms with van der Waals surface area (Å²) in [4.78, 5) is 17.7. The number of thiophene rings is 1. The number of anilines is 2. The van der Waals surface area contributed by atoms with E-state index < -0.39 is 0 Å². The number of morpholine rings is 1. The lowest BCUT2D eigenvalue weighted by atomic mass is 9.90. The first-order valence-corrected chi connectivity index (χ1v) is 10.4.